The summed E-state index contributed by atoms with van der Waals surface area (Å²) >= 11 is 0.0194. The van der Waals surface area contributed by atoms with E-state index in [1.165, 1.54) is 22.6 Å². The molecule has 1 fully saturated rings. The Morgan fingerprint density at radius 3 is 3.09 bits per heavy atom. The van der Waals surface area contributed by atoms with Gasteiger partial charge >= 0.3 is 138 Å². The van der Waals surface area contributed by atoms with Crippen molar-refractivity contribution in [3.63, 3.8) is 0 Å². The van der Waals surface area contributed by atoms with E-state index in [2.05, 4.69) is 29.7 Å². The van der Waals surface area contributed by atoms with Crippen molar-refractivity contribution >= 4 is 12.4 Å². The molecule has 22 heavy (non-hydrogen) atoms. The fraction of sp³-hybridized carbons (Fsp3) is 0.750. The van der Waals surface area contributed by atoms with Crippen LogP contribution in [-0.4, -0.2) is 36.1 Å². The van der Waals surface area contributed by atoms with E-state index in [0.29, 0.717) is 17.9 Å². The van der Waals surface area contributed by atoms with Gasteiger partial charge in [-0.2, -0.15) is 0 Å². The van der Waals surface area contributed by atoms with E-state index >= 15 is 0 Å². The summed E-state index contributed by atoms with van der Waals surface area (Å²) in [5, 5.41) is 15.4. The summed E-state index contributed by atoms with van der Waals surface area (Å²) in [6, 6.07) is 0.456. The van der Waals surface area contributed by atoms with Crippen LogP contribution in [0.1, 0.15) is 39.5 Å². The molecular weight excluding hydrogens is 391 g/mol. The number of nitrogens with zero attached hydrogens (tertiary/aromatic N) is 1. The predicted molar refractivity (Wildman–Crippen MR) is 86.8 cm³/mol. The van der Waals surface area contributed by atoms with E-state index < -0.39 is 0 Å². The molecule has 0 aromatic heterocycles. The molecule has 0 amide bonds. The molecule has 0 aliphatic carbocycles. The van der Waals surface area contributed by atoms with Crippen molar-refractivity contribution in [2.45, 2.75) is 45.6 Å². The molecule has 2 unspecified atom stereocenters. The fourth-order valence-electron chi connectivity index (χ4n) is 2.79. The minimum absolute atomic E-state index is 0.0194. The van der Waals surface area contributed by atoms with E-state index in [1.807, 2.05) is 6.21 Å². The Balaban J connectivity index is 1.85. The molecule has 2 rings (SSSR count). The zero-order valence-corrected chi connectivity index (χ0v) is 15.7. The minimum atomic E-state index is 0.0194. The quantitative estimate of drug-likeness (QED) is 0.291. The number of hydrazone groups is 1. The van der Waals surface area contributed by atoms with Crippen LogP contribution in [0.15, 0.2) is 16.4 Å². The second-order valence-corrected chi connectivity index (χ2v) is 8.53. The number of rotatable bonds is 7. The molecule has 0 aromatic rings. The van der Waals surface area contributed by atoms with E-state index in [-0.39, 0.29) is 21.6 Å². The van der Waals surface area contributed by atoms with Crippen LogP contribution in [0.3, 0.4) is 0 Å². The Bertz CT molecular complexity index is 418. The number of hydrogen-bond acceptors (Lipinski definition) is 5. The molecule has 126 valence electrons. The SMILES string of the molecule is C/C(=C(\C=N)NCC1CC[I-]OC1)[C@H](C)CC1CCC=NN1. The van der Waals surface area contributed by atoms with Gasteiger partial charge in [-0.05, 0) is 0 Å². The van der Waals surface area contributed by atoms with Crippen LogP contribution in [0, 0.1) is 17.2 Å². The monoisotopic (exact) mass is 419 g/mol. The van der Waals surface area contributed by atoms with Crippen LogP contribution in [-0.2, 0) is 3.07 Å². The van der Waals surface area contributed by atoms with Crippen LogP contribution in [0.2, 0.25) is 0 Å². The second-order valence-electron chi connectivity index (χ2n) is 6.20. The van der Waals surface area contributed by atoms with E-state index in [1.54, 1.807) is 0 Å². The molecule has 3 atom stereocenters. The van der Waals surface area contributed by atoms with Crippen molar-refractivity contribution in [1.29, 1.82) is 5.41 Å². The van der Waals surface area contributed by atoms with Gasteiger partial charge in [0.15, 0.2) is 0 Å². The third kappa shape index (κ3) is 5.53. The summed E-state index contributed by atoms with van der Waals surface area (Å²) in [7, 11) is 0. The summed E-state index contributed by atoms with van der Waals surface area (Å²) in [6.45, 7) is 6.20. The number of halogens is 1. The van der Waals surface area contributed by atoms with Gasteiger partial charge in [-0.25, -0.2) is 0 Å². The topological polar surface area (TPSA) is 69.5 Å². The average Bonchev–Trinajstić information content (AvgIpc) is 2.57. The molecule has 2 aliphatic heterocycles. The molecule has 2 heterocycles. The number of alkyl halides is 1. The van der Waals surface area contributed by atoms with E-state index in [0.717, 1.165) is 38.1 Å². The van der Waals surface area contributed by atoms with Crippen molar-refractivity contribution in [3.8, 4) is 0 Å². The van der Waals surface area contributed by atoms with Gasteiger partial charge in [-0.15, -0.1) is 0 Å². The van der Waals surface area contributed by atoms with Crippen molar-refractivity contribution in [2.75, 3.05) is 17.6 Å². The Hall–Kier alpha value is -0.630. The van der Waals surface area contributed by atoms with Gasteiger partial charge < -0.3 is 0 Å². The Labute approximate surface area is 144 Å². The van der Waals surface area contributed by atoms with Gasteiger partial charge in [-0.1, -0.05) is 0 Å². The van der Waals surface area contributed by atoms with Crippen LogP contribution in [0.5, 0.6) is 0 Å². The zero-order valence-electron chi connectivity index (χ0n) is 13.6. The first-order valence-corrected chi connectivity index (χ1v) is 10.5. The standard InChI is InChI=1S/C16H28IN4O/c1-12(8-15-4-3-7-20-21-15)13(2)16(9-18)19-10-14-5-6-17-22-11-14/h7,9,12,14-15,18-19,21H,3-6,8,10-11H2,1-2H3/q-1/b16-13-,18-9?/t12-,14?,15?/m1/s1. The van der Waals surface area contributed by atoms with Gasteiger partial charge in [0, 0.05) is 6.21 Å². The van der Waals surface area contributed by atoms with Crippen molar-refractivity contribution in [1.82, 2.24) is 10.7 Å². The molecule has 0 aromatic carbocycles. The van der Waals surface area contributed by atoms with Gasteiger partial charge in [-0.3, -0.25) is 0 Å². The number of allylic oxidation sites excluding steroid dienone is 2. The summed E-state index contributed by atoms with van der Waals surface area (Å²) in [6.07, 6.45) is 7.96. The fourth-order valence-corrected chi connectivity index (χ4v) is 5.00. The first kappa shape index (κ1) is 17.7. The van der Waals surface area contributed by atoms with Crippen LogP contribution in [0.4, 0.5) is 0 Å². The van der Waals surface area contributed by atoms with Crippen LogP contribution in [0.25, 0.3) is 0 Å². The second kappa shape index (κ2) is 9.50. The van der Waals surface area contributed by atoms with Crippen molar-refractivity contribution < 1.29 is 24.7 Å². The van der Waals surface area contributed by atoms with Gasteiger partial charge in [0.2, 0.25) is 0 Å². The maximum atomic E-state index is 7.71. The van der Waals surface area contributed by atoms with Crippen LogP contribution < -0.4 is 32.4 Å². The van der Waals surface area contributed by atoms with Gasteiger partial charge in [0.1, 0.15) is 0 Å². The van der Waals surface area contributed by atoms with Crippen molar-refractivity contribution in [3.05, 3.63) is 11.3 Å². The summed E-state index contributed by atoms with van der Waals surface area (Å²) in [5.74, 6) is 1.05. The average molecular weight is 419 g/mol. The Morgan fingerprint density at radius 1 is 1.59 bits per heavy atom. The summed E-state index contributed by atoms with van der Waals surface area (Å²) < 4.78 is 6.89. The Morgan fingerprint density at radius 2 is 2.45 bits per heavy atom. The molecule has 1 saturated heterocycles. The Kier molecular flexibility index (Phi) is 7.65. The summed E-state index contributed by atoms with van der Waals surface area (Å²) in [5.41, 5.74) is 5.45. The van der Waals surface area contributed by atoms with Gasteiger partial charge in [0.25, 0.3) is 0 Å². The first-order chi connectivity index (χ1) is 10.7. The summed E-state index contributed by atoms with van der Waals surface area (Å²) in [4.78, 5) is 0. The third-order valence-corrected chi connectivity index (χ3v) is 6.35. The first-order valence-electron chi connectivity index (χ1n) is 8.14. The van der Waals surface area contributed by atoms with Crippen molar-refractivity contribution in [2.24, 2.45) is 16.9 Å². The maximum absolute atomic E-state index is 7.71. The molecular formula is C16H28IN4O-. The molecule has 0 radical (unpaired) electrons. The van der Waals surface area contributed by atoms with Gasteiger partial charge in [0.05, 0.1) is 0 Å². The molecule has 3 N–H and O–H groups in total. The van der Waals surface area contributed by atoms with E-state index in [4.69, 9.17) is 8.48 Å². The third-order valence-electron chi connectivity index (χ3n) is 4.49. The molecule has 6 heteroatoms. The molecule has 0 spiro atoms. The molecule has 5 nitrogen and oxygen atoms in total. The zero-order chi connectivity index (χ0) is 15.8. The molecule has 0 saturated carbocycles. The normalized spacial score (nSPS) is 27.9. The number of nitrogens with one attached hydrogen (secondary N) is 3. The molecule has 2 aliphatic rings. The van der Waals surface area contributed by atoms with Crippen LogP contribution >= 0.6 is 0 Å². The predicted octanol–water partition coefficient (Wildman–Crippen LogP) is -0.696. The number of hydrogen-bond donors (Lipinski definition) is 3. The van der Waals surface area contributed by atoms with E-state index in [9.17, 15) is 0 Å². The molecule has 0 bridgehead atoms.